The summed E-state index contributed by atoms with van der Waals surface area (Å²) in [6.07, 6.45) is 0. The van der Waals surface area contributed by atoms with E-state index in [4.69, 9.17) is 5.73 Å². The predicted molar refractivity (Wildman–Crippen MR) is 69.7 cm³/mol. The van der Waals surface area contributed by atoms with Gasteiger partial charge in [-0.1, -0.05) is 30.3 Å². The Hall–Kier alpha value is -1.88. The van der Waals surface area contributed by atoms with E-state index in [1.807, 2.05) is 25.1 Å². The molecule has 18 heavy (non-hydrogen) atoms. The molecule has 0 bridgehead atoms. The quantitative estimate of drug-likeness (QED) is 0.703. The maximum absolute atomic E-state index is 11.8. The molecular formula is C13H19N3O2. The van der Waals surface area contributed by atoms with E-state index in [0.717, 1.165) is 5.56 Å². The van der Waals surface area contributed by atoms with Gasteiger partial charge in [-0.3, -0.25) is 9.59 Å². The summed E-state index contributed by atoms with van der Waals surface area (Å²) >= 11 is 0. The maximum atomic E-state index is 11.8. The van der Waals surface area contributed by atoms with Gasteiger partial charge in [-0.05, 0) is 19.4 Å². The highest BCUT2D eigenvalue weighted by molar-refractivity contribution is 5.89. The lowest BCUT2D eigenvalue weighted by molar-refractivity contribution is -0.129. The molecule has 0 saturated heterocycles. The first-order valence-electron chi connectivity index (χ1n) is 5.94. The summed E-state index contributed by atoms with van der Waals surface area (Å²) in [5.41, 5.74) is 6.54. The van der Waals surface area contributed by atoms with E-state index >= 15 is 0 Å². The topological polar surface area (TPSA) is 84.2 Å². The van der Waals surface area contributed by atoms with Gasteiger partial charge in [0, 0.05) is 6.54 Å². The first kappa shape index (κ1) is 14.2. The van der Waals surface area contributed by atoms with Crippen LogP contribution in [0.3, 0.4) is 0 Å². The zero-order valence-electron chi connectivity index (χ0n) is 10.6. The third kappa shape index (κ3) is 3.85. The Morgan fingerprint density at radius 1 is 1.22 bits per heavy atom. The lowest BCUT2D eigenvalue weighted by atomic mass is 10.1. The summed E-state index contributed by atoms with van der Waals surface area (Å²) in [4.78, 5) is 23.3. The van der Waals surface area contributed by atoms with Gasteiger partial charge in [0.25, 0.3) is 0 Å². The maximum Gasteiger partial charge on any atom is 0.242 e. The molecule has 1 unspecified atom stereocenters. The Bertz CT molecular complexity index is 406. The van der Waals surface area contributed by atoms with Gasteiger partial charge < -0.3 is 16.4 Å². The molecule has 0 saturated carbocycles. The van der Waals surface area contributed by atoms with Gasteiger partial charge in [-0.25, -0.2) is 0 Å². The van der Waals surface area contributed by atoms with Crippen molar-refractivity contribution in [2.45, 2.75) is 25.9 Å². The van der Waals surface area contributed by atoms with Gasteiger partial charge in [-0.2, -0.15) is 0 Å². The van der Waals surface area contributed by atoms with Crippen molar-refractivity contribution in [1.82, 2.24) is 10.6 Å². The number of amides is 2. The molecule has 0 spiro atoms. The smallest absolute Gasteiger partial charge is 0.242 e. The first-order chi connectivity index (χ1) is 8.56. The Morgan fingerprint density at radius 2 is 1.83 bits per heavy atom. The molecule has 0 fully saturated rings. The fourth-order valence-corrected chi connectivity index (χ4v) is 1.51. The molecule has 5 nitrogen and oxygen atoms in total. The lowest BCUT2D eigenvalue weighted by Crippen LogP contribution is -2.47. The van der Waals surface area contributed by atoms with Gasteiger partial charge in [0.1, 0.15) is 12.1 Å². The van der Waals surface area contributed by atoms with E-state index in [1.54, 1.807) is 19.1 Å². The molecule has 0 heterocycles. The molecule has 0 aliphatic rings. The van der Waals surface area contributed by atoms with Crippen molar-refractivity contribution in [2.75, 3.05) is 6.54 Å². The summed E-state index contributed by atoms with van der Waals surface area (Å²) in [5, 5.41) is 5.22. The van der Waals surface area contributed by atoms with Crippen LogP contribution < -0.4 is 16.4 Å². The van der Waals surface area contributed by atoms with E-state index in [2.05, 4.69) is 10.6 Å². The third-order valence-electron chi connectivity index (χ3n) is 2.54. The van der Waals surface area contributed by atoms with Crippen LogP contribution in [0.15, 0.2) is 30.3 Å². The molecule has 98 valence electrons. The Kier molecular flexibility index (Phi) is 5.32. The zero-order chi connectivity index (χ0) is 13.5. The summed E-state index contributed by atoms with van der Waals surface area (Å²) in [6, 6.07) is 7.69. The van der Waals surface area contributed by atoms with Crippen molar-refractivity contribution >= 4 is 11.8 Å². The third-order valence-corrected chi connectivity index (χ3v) is 2.54. The molecule has 0 aliphatic carbocycles. The van der Waals surface area contributed by atoms with Gasteiger partial charge in [-0.15, -0.1) is 0 Å². The number of rotatable bonds is 5. The van der Waals surface area contributed by atoms with Crippen LogP contribution in [-0.4, -0.2) is 24.4 Å². The van der Waals surface area contributed by atoms with Crippen molar-refractivity contribution < 1.29 is 9.59 Å². The van der Waals surface area contributed by atoms with E-state index in [1.165, 1.54) is 0 Å². The van der Waals surface area contributed by atoms with E-state index in [-0.39, 0.29) is 11.8 Å². The minimum atomic E-state index is -0.761. The number of carbonyl (C=O) groups excluding carboxylic acids is 2. The van der Waals surface area contributed by atoms with Crippen molar-refractivity contribution in [3.05, 3.63) is 35.9 Å². The molecule has 4 N–H and O–H groups in total. The molecule has 5 heteroatoms. The molecule has 2 amide bonds. The number of nitrogens with two attached hydrogens (primary N) is 1. The highest BCUT2D eigenvalue weighted by atomic mass is 16.2. The second-order valence-electron chi connectivity index (χ2n) is 4.01. The number of hydrogen-bond acceptors (Lipinski definition) is 3. The number of likely N-dealkylation sites (N-methyl/N-ethyl adjacent to an activating group) is 1. The van der Waals surface area contributed by atoms with Crippen LogP contribution in [0.25, 0.3) is 0 Å². The molecule has 2 atom stereocenters. The largest absolute Gasteiger partial charge is 0.355 e. The van der Waals surface area contributed by atoms with Gasteiger partial charge in [0.15, 0.2) is 0 Å². The minimum Gasteiger partial charge on any atom is -0.355 e. The summed E-state index contributed by atoms with van der Waals surface area (Å²) in [5.74, 6) is -0.578. The fourth-order valence-electron chi connectivity index (χ4n) is 1.51. The van der Waals surface area contributed by atoms with Crippen molar-refractivity contribution in [2.24, 2.45) is 5.73 Å². The predicted octanol–water partition coefficient (Wildman–Crippen LogP) is 0.327. The fraction of sp³-hybridized carbons (Fsp3) is 0.385. The van der Waals surface area contributed by atoms with Crippen molar-refractivity contribution in [3.8, 4) is 0 Å². The normalized spacial score (nSPS) is 13.5. The van der Waals surface area contributed by atoms with E-state index in [0.29, 0.717) is 6.54 Å². The monoisotopic (exact) mass is 249 g/mol. The molecule has 0 aliphatic heterocycles. The van der Waals surface area contributed by atoms with Crippen LogP contribution >= 0.6 is 0 Å². The van der Waals surface area contributed by atoms with Crippen LogP contribution in [0.4, 0.5) is 0 Å². The number of nitrogens with one attached hydrogen (secondary N) is 2. The van der Waals surface area contributed by atoms with Crippen LogP contribution in [0.1, 0.15) is 25.5 Å². The molecule has 1 aromatic rings. The molecule has 0 radical (unpaired) electrons. The van der Waals surface area contributed by atoms with Gasteiger partial charge >= 0.3 is 0 Å². The summed E-state index contributed by atoms with van der Waals surface area (Å²) < 4.78 is 0. The number of carbonyl (C=O) groups is 2. The lowest BCUT2D eigenvalue weighted by Gasteiger charge is -2.17. The van der Waals surface area contributed by atoms with Gasteiger partial charge in [0.05, 0.1) is 0 Å². The van der Waals surface area contributed by atoms with Crippen molar-refractivity contribution in [1.29, 1.82) is 0 Å². The number of benzene rings is 1. The second-order valence-corrected chi connectivity index (χ2v) is 4.01. The van der Waals surface area contributed by atoms with Crippen LogP contribution in [0, 0.1) is 0 Å². The molecule has 0 aromatic heterocycles. The number of hydrogen-bond donors (Lipinski definition) is 3. The highest BCUT2D eigenvalue weighted by Crippen LogP contribution is 2.09. The summed E-state index contributed by atoms with van der Waals surface area (Å²) in [6.45, 7) is 3.98. The van der Waals surface area contributed by atoms with E-state index < -0.39 is 12.1 Å². The highest BCUT2D eigenvalue weighted by Gasteiger charge is 2.20. The Balaban J connectivity index is 2.58. The van der Waals surface area contributed by atoms with Crippen molar-refractivity contribution in [3.63, 3.8) is 0 Å². The van der Waals surface area contributed by atoms with Crippen LogP contribution in [0.2, 0.25) is 0 Å². The molecular weight excluding hydrogens is 230 g/mol. The SMILES string of the molecule is CCNC(=O)C(C)NC(=O)[C@@H](N)c1ccccc1. The molecule has 1 aromatic carbocycles. The first-order valence-corrected chi connectivity index (χ1v) is 5.94. The minimum absolute atomic E-state index is 0.217. The average molecular weight is 249 g/mol. The standard InChI is InChI=1S/C13H19N3O2/c1-3-15-12(17)9(2)16-13(18)11(14)10-7-5-4-6-8-10/h4-9,11H,3,14H2,1-2H3,(H,15,17)(H,16,18)/t9?,11-/m0/s1. The second kappa shape index (κ2) is 6.76. The zero-order valence-corrected chi connectivity index (χ0v) is 10.6. The van der Waals surface area contributed by atoms with Crippen LogP contribution in [0.5, 0.6) is 0 Å². The van der Waals surface area contributed by atoms with Gasteiger partial charge in [0.2, 0.25) is 11.8 Å². The Labute approximate surface area is 107 Å². The summed E-state index contributed by atoms with van der Waals surface area (Å²) in [7, 11) is 0. The van der Waals surface area contributed by atoms with Crippen LogP contribution in [-0.2, 0) is 9.59 Å². The Morgan fingerprint density at radius 3 is 2.39 bits per heavy atom. The van der Waals surface area contributed by atoms with E-state index in [9.17, 15) is 9.59 Å². The average Bonchev–Trinajstić information content (AvgIpc) is 2.39. The molecule has 1 rings (SSSR count).